The lowest BCUT2D eigenvalue weighted by atomic mass is 10.1. The molecule has 0 saturated carbocycles. The fraction of sp³-hybridized carbons (Fsp3) is 0. The van der Waals surface area contributed by atoms with Gasteiger partial charge >= 0.3 is 0 Å². The number of nitriles is 1. The van der Waals surface area contributed by atoms with Crippen LogP contribution in [0, 0.1) is 17.1 Å². The molecule has 2 aromatic rings. The van der Waals surface area contributed by atoms with Crippen molar-refractivity contribution in [2.24, 2.45) is 0 Å². The van der Waals surface area contributed by atoms with E-state index in [4.69, 9.17) is 22.6 Å². The standard InChI is InChI=1S/C13H9ClFN3/c14-9-2-4-11(15)13(5-9)18-10-3-1-8(7-16)12(17)6-10/h1-6,18H,17H2. The third-order valence-electron chi connectivity index (χ3n) is 2.38. The number of anilines is 3. The molecular formula is C13H9ClFN3. The van der Waals surface area contributed by atoms with Crippen LogP contribution in [0.25, 0.3) is 0 Å². The Labute approximate surface area is 109 Å². The maximum Gasteiger partial charge on any atom is 0.146 e. The second-order valence-electron chi connectivity index (χ2n) is 3.66. The van der Waals surface area contributed by atoms with Crippen molar-refractivity contribution in [2.75, 3.05) is 11.1 Å². The van der Waals surface area contributed by atoms with Crippen LogP contribution in [0.2, 0.25) is 5.02 Å². The van der Waals surface area contributed by atoms with Gasteiger partial charge in [-0.15, -0.1) is 0 Å². The van der Waals surface area contributed by atoms with Crippen LogP contribution in [0.3, 0.4) is 0 Å². The first-order valence-electron chi connectivity index (χ1n) is 5.12. The highest BCUT2D eigenvalue weighted by Gasteiger charge is 2.05. The lowest BCUT2D eigenvalue weighted by Gasteiger charge is -2.09. The van der Waals surface area contributed by atoms with Gasteiger partial charge in [0, 0.05) is 10.7 Å². The van der Waals surface area contributed by atoms with Gasteiger partial charge in [0.15, 0.2) is 0 Å². The van der Waals surface area contributed by atoms with Gasteiger partial charge in [0.1, 0.15) is 11.9 Å². The zero-order valence-electron chi connectivity index (χ0n) is 9.24. The second-order valence-corrected chi connectivity index (χ2v) is 4.10. The molecule has 0 spiro atoms. The first-order valence-corrected chi connectivity index (χ1v) is 5.49. The molecular weight excluding hydrogens is 253 g/mol. The first kappa shape index (κ1) is 12.2. The molecule has 2 rings (SSSR count). The molecule has 0 bridgehead atoms. The molecule has 0 radical (unpaired) electrons. The van der Waals surface area contributed by atoms with Gasteiger partial charge in [-0.05, 0) is 36.4 Å². The SMILES string of the molecule is N#Cc1ccc(Nc2cc(Cl)ccc2F)cc1N. The molecule has 0 aliphatic rings. The summed E-state index contributed by atoms with van der Waals surface area (Å²) in [7, 11) is 0. The highest BCUT2D eigenvalue weighted by atomic mass is 35.5. The minimum Gasteiger partial charge on any atom is -0.398 e. The van der Waals surface area contributed by atoms with Crippen molar-refractivity contribution in [2.45, 2.75) is 0 Å². The summed E-state index contributed by atoms with van der Waals surface area (Å²) in [6, 6.07) is 11.0. The van der Waals surface area contributed by atoms with Crippen LogP contribution >= 0.6 is 11.6 Å². The monoisotopic (exact) mass is 261 g/mol. The normalized spacial score (nSPS) is 9.83. The third-order valence-corrected chi connectivity index (χ3v) is 2.61. The van der Waals surface area contributed by atoms with Crippen LogP contribution < -0.4 is 11.1 Å². The average molecular weight is 262 g/mol. The van der Waals surface area contributed by atoms with Crippen molar-refractivity contribution in [3.8, 4) is 6.07 Å². The number of nitrogens with zero attached hydrogens (tertiary/aromatic N) is 1. The van der Waals surface area contributed by atoms with E-state index in [1.54, 1.807) is 18.2 Å². The molecule has 0 saturated heterocycles. The van der Waals surface area contributed by atoms with Crippen LogP contribution in [0.5, 0.6) is 0 Å². The molecule has 0 aromatic heterocycles. The smallest absolute Gasteiger partial charge is 0.146 e. The van der Waals surface area contributed by atoms with E-state index < -0.39 is 5.82 Å². The molecule has 0 atom stereocenters. The molecule has 18 heavy (non-hydrogen) atoms. The van der Waals surface area contributed by atoms with E-state index in [9.17, 15) is 4.39 Å². The van der Waals surface area contributed by atoms with Crippen molar-refractivity contribution < 1.29 is 4.39 Å². The van der Waals surface area contributed by atoms with Gasteiger partial charge in [-0.25, -0.2) is 4.39 Å². The quantitative estimate of drug-likeness (QED) is 0.811. The number of hydrogen-bond donors (Lipinski definition) is 2. The van der Waals surface area contributed by atoms with Crippen LogP contribution in [-0.4, -0.2) is 0 Å². The van der Waals surface area contributed by atoms with Crippen LogP contribution in [0.15, 0.2) is 36.4 Å². The van der Waals surface area contributed by atoms with Gasteiger partial charge in [-0.2, -0.15) is 5.26 Å². The summed E-state index contributed by atoms with van der Waals surface area (Å²) in [6.45, 7) is 0. The number of nitrogen functional groups attached to an aromatic ring is 1. The van der Waals surface area contributed by atoms with Crippen molar-refractivity contribution in [1.29, 1.82) is 5.26 Å². The zero-order chi connectivity index (χ0) is 13.1. The second kappa shape index (κ2) is 4.94. The highest BCUT2D eigenvalue weighted by molar-refractivity contribution is 6.30. The Morgan fingerprint density at radius 3 is 2.67 bits per heavy atom. The molecule has 3 N–H and O–H groups in total. The molecule has 3 nitrogen and oxygen atoms in total. The fourth-order valence-corrected chi connectivity index (χ4v) is 1.66. The molecule has 0 aliphatic heterocycles. The Bertz CT molecular complexity index is 635. The molecule has 0 unspecified atom stereocenters. The van der Waals surface area contributed by atoms with Crippen LogP contribution in [0.1, 0.15) is 5.56 Å². The Balaban J connectivity index is 2.32. The molecule has 0 fully saturated rings. The summed E-state index contributed by atoms with van der Waals surface area (Å²) >= 11 is 5.79. The number of hydrogen-bond acceptors (Lipinski definition) is 3. The number of nitrogens with two attached hydrogens (primary N) is 1. The predicted octanol–water partition coefficient (Wildman–Crippen LogP) is 3.68. The van der Waals surface area contributed by atoms with Gasteiger partial charge in [-0.3, -0.25) is 0 Å². The number of rotatable bonds is 2. The maximum absolute atomic E-state index is 13.5. The van der Waals surface area contributed by atoms with Crippen molar-refractivity contribution >= 4 is 28.7 Å². The predicted molar refractivity (Wildman–Crippen MR) is 70.3 cm³/mol. The minimum absolute atomic E-state index is 0.256. The fourth-order valence-electron chi connectivity index (χ4n) is 1.49. The summed E-state index contributed by atoms with van der Waals surface area (Å²) in [4.78, 5) is 0. The van der Waals surface area contributed by atoms with E-state index in [-0.39, 0.29) is 5.69 Å². The third kappa shape index (κ3) is 2.53. The molecule has 90 valence electrons. The van der Waals surface area contributed by atoms with E-state index in [0.29, 0.717) is 22.0 Å². The summed E-state index contributed by atoms with van der Waals surface area (Å²) in [6.07, 6.45) is 0. The summed E-state index contributed by atoms with van der Waals surface area (Å²) in [5, 5.41) is 12.0. The minimum atomic E-state index is -0.415. The summed E-state index contributed by atoms with van der Waals surface area (Å²) in [5.74, 6) is -0.415. The maximum atomic E-state index is 13.5. The molecule has 0 aliphatic carbocycles. The zero-order valence-corrected chi connectivity index (χ0v) is 10.0. The van der Waals surface area contributed by atoms with Crippen LogP contribution in [0.4, 0.5) is 21.5 Å². The molecule has 0 amide bonds. The highest BCUT2D eigenvalue weighted by Crippen LogP contribution is 2.25. The van der Waals surface area contributed by atoms with Gasteiger partial charge in [0.05, 0.1) is 16.9 Å². The van der Waals surface area contributed by atoms with E-state index >= 15 is 0 Å². The Kier molecular flexibility index (Phi) is 3.35. The average Bonchev–Trinajstić information content (AvgIpc) is 2.34. The van der Waals surface area contributed by atoms with Gasteiger partial charge in [-0.1, -0.05) is 11.6 Å². The summed E-state index contributed by atoms with van der Waals surface area (Å²) < 4.78 is 13.5. The lowest BCUT2D eigenvalue weighted by molar-refractivity contribution is 0.632. The van der Waals surface area contributed by atoms with Crippen molar-refractivity contribution in [1.82, 2.24) is 0 Å². The molecule has 2 aromatic carbocycles. The number of nitrogens with one attached hydrogen (secondary N) is 1. The topological polar surface area (TPSA) is 61.8 Å². The lowest BCUT2D eigenvalue weighted by Crippen LogP contribution is -1.96. The van der Waals surface area contributed by atoms with Crippen LogP contribution in [-0.2, 0) is 0 Å². The largest absolute Gasteiger partial charge is 0.398 e. The Hall–Kier alpha value is -2.25. The van der Waals surface area contributed by atoms with E-state index in [2.05, 4.69) is 5.32 Å². The molecule has 0 heterocycles. The summed E-state index contributed by atoms with van der Waals surface area (Å²) in [5.41, 5.74) is 7.24. The van der Waals surface area contributed by atoms with Gasteiger partial charge in [0.2, 0.25) is 0 Å². The Morgan fingerprint density at radius 1 is 1.22 bits per heavy atom. The van der Waals surface area contributed by atoms with E-state index in [0.717, 1.165) is 0 Å². The molecule has 5 heteroatoms. The first-order chi connectivity index (χ1) is 8.60. The number of benzene rings is 2. The van der Waals surface area contributed by atoms with Gasteiger partial charge in [0.25, 0.3) is 0 Å². The Morgan fingerprint density at radius 2 is 2.00 bits per heavy atom. The van der Waals surface area contributed by atoms with Gasteiger partial charge < -0.3 is 11.1 Å². The number of halogens is 2. The van der Waals surface area contributed by atoms with E-state index in [1.807, 2.05) is 6.07 Å². The van der Waals surface area contributed by atoms with Crippen molar-refractivity contribution in [3.05, 3.63) is 52.8 Å². The van der Waals surface area contributed by atoms with Crippen molar-refractivity contribution in [3.63, 3.8) is 0 Å². The van der Waals surface area contributed by atoms with E-state index in [1.165, 1.54) is 18.2 Å².